The van der Waals surface area contributed by atoms with Gasteiger partial charge in [0.15, 0.2) is 0 Å². The van der Waals surface area contributed by atoms with Crippen LogP contribution in [0.15, 0.2) is 58.4 Å². The number of pyridine rings is 1. The van der Waals surface area contributed by atoms with Crippen LogP contribution >= 0.6 is 0 Å². The maximum atomic E-state index is 9.26. The zero-order valence-corrected chi connectivity index (χ0v) is 19.7. The van der Waals surface area contributed by atoms with E-state index in [0.717, 1.165) is 91.4 Å². The van der Waals surface area contributed by atoms with Gasteiger partial charge in [-0.1, -0.05) is 17.3 Å². The SMILES string of the molecule is COCCN1CCC(NCc2cc(-c3ccncc3)c(-c3ccc4c(c3)CC/C4=N/O)o2)CC1. The van der Waals surface area contributed by atoms with E-state index in [4.69, 9.17) is 9.15 Å². The first kappa shape index (κ1) is 22.8. The summed E-state index contributed by atoms with van der Waals surface area (Å²) in [5, 5.41) is 16.4. The molecular formula is C27H32N4O3. The number of likely N-dealkylation sites (tertiary alicyclic amines) is 1. The molecule has 1 fully saturated rings. The van der Waals surface area contributed by atoms with Crippen LogP contribution in [0.2, 0.25) is 0 Å². The summed E-state index contributed by atoms with van der Waals surface area (Å²) >= 11 is 0. The molecule has 3 heterocycles. The molecule has 0 radical (unpaired) electrons. The first-order chi connectivity index (χ1) is 16.7. The maximum absolute atomic E-state index is 9.26. The fraction of sp³-hybridized carbons (Fsp3) is 0.407. The van der Waals surface area contributed by atoms with E-state index in [0.29, 0.717) is 12.6 Å². The van der Waals surface area contributed by atoms with Gasteiger partial charge in [0.05, 0.1) is 18.9 Å². The van der Waals surface area contributed by atoms with E-state index in [1.807, 2.05) is 30.6 Å². The van der Waals surface area contributed by atoms with Gasteiger partial charge in [-0.2, -0.15) is 0 Å². The van der Waals surface area contributed by atoms with Gasteiger partial charge in [-0.25, -0.2) is 0 Å². The van der Waals surface area contributed by atoms with E-state index in [2.05, 4.69) is 38.6 Å². The van der Waals surface area contributed by atoms with Gasteiger partial charge in [-0.05, 0) is 74.2 Å². The molecule has 1 aliphatic carbocycles. The van der Waals surface area contributed by atoms with Gasteiger partial charge in [0.2, 0.25) is 0 Å². The summed E-state index contributed by atoms with van der Waals surface area (Å²) in [7, 11) is 1.76. The molecule has 2 aromatic heterocycles. The van der Waals surface area contributed by atoms with Gasteiger partial charge in [0.25, 0.3) is 0 Å². The molecule has 0 bridgehead atoms. The number of piperidine rings is 1. The highest BCUT2D eigenvalue weighted by Gasteiger charge is 2.23. The van der Waals surface area contributed by atoms with E-state index in [-0.39, 0.29) is 0 Å². The summed E-state index contributed by atoms with van der Waals surface area (Å²) < 4.78 is 11.7. The average Bonchev–Trinajstić information content (AvgIpc) is 3.51. The molecule has 7 nitrogen and oxygen atoms in total. The Balaban J connectivity index is 1.34. The Labute approximate surface area is 200 Å². The Morgan fingerprint density at radius 3 is 2.68 bits per heavy atom. The molecule has 2 aliphatic rings. The quantitative estimate of drug-likeness (QED) is 0.385. The third kappa shape index (κ3) is 4.92. The van der Waals surface area contributed by atoms with Crippen molar-refractivity contribution < 1.29 is 14.4 Å². The largest absolute Gasteiger partial charge is 0.459 e. The second kappa shape index (κ2) is 10.5. The molecule has 1 aliphatic heterocycles. The fourth-order valence-corrected chi connectivity index (χ4v) is 5.03. The molecule has 0 unspecified atom stereocenters. The molecule has 1 saturated heterocycles. The van der Waals surface area contributed by atoms with Gasteiger partial charge < -0.3 is 24.6 Å². The Bertz CT molecular complexity index is 1130. The van der Waals surface area contributed by atoms with Crippen LogP contribution in [0.5, 0.6) is 0 Å². The number of nitrogens with one attached hydrogen (secondary N) is 1. The van der Waals surface area contributed by atoms with Crippen molar-refractivity contribution in [3.05, 3.63) is 65.7 Å². The number of hydrogen-bond acceptors (Lipinski definition) is 7. The lowest BCUT2D eigenvalue weighted by Gasteiger charge is -2.32. The lowest BCUT2D eigenvalue weighted by Crippen LogP contribution is -2.43. The second-order valence-electron chi connectivity index (χ2n) is 9.10. The highest BCUT2D eigenvalue weighted by molar-refractivity contribution is 6.04. The molecule has 1 aromatic carbocycles. The van der Waals surface area contributed by atoms with Gasteiger partial charge in [0, 0.05) is 48.8 Å². The van der Waals surface area contributed by atoms with E-state index in [9.17, 15) is 5.21 Å². The van der Waals surface area contributed by atoms with Crippen molar-refractivity contribution in [2.24, 2.45) is 5.16 Å². The minimum atomic E-state index is 0.493. The van der Waals surface area contributed by atoms with E-state index in [1.54, 1.807) is 7.11 Å². The second-order valence-corrected chi connectivity index (χ2v) is 9.10. The van der Waals surface area contributed by atoms with Gasteiger partial charge >= 0.3 is 0 Å². The Kier molecular flexibility index (Phi) is 7.04. The van der Waals surface area contributed by atoms with Crippen molar-refractivity contribution in [2.45, 2.75) is 38.3 Å². The third-order valence-corrected chi connectivity index (χ3v) is 6.97. The molecular weight excluding hydrogens is 428 g/mol. The number of rotatable bonds is 8. The van der Waals surface area contributed by atoms with Crippen LogP contribution in [0.4, 0.5) is 0 Å². The standard InChI is InChI=1S/C27H32N4O3/c1-33-15-14-31-12-8-22(9-13-31)29-18-23-17-25(19-6-10-28-11-7-19)27(34-23)21-2-4-24-20(16-21)3-5-26(24)30-32/h2,4,6-7,10-11,16-17,22,29,32H,3,5,8-9,12-15,18H2,1H3/b30-26-. The third-order valence-electron chi connectivity index (χ3n) is 6.97. The van der Waals surface area contributed by atoms with Gasteiger partial charge in [0.1, 0.15) is 11.5 Å². The summed E-state index contributed by atoms with van der Waals surface area (Å²) in [4.78, 5) is 6.64. The van der Waals surface area contributed by atoms with Crippen LogP contribution in [0.25, 0.3) is 22.5 Å². The first-order valence-corrected chi connectivity index (χ1v) is 12.1. The van der Waals surface area contributed by atoms with E-state index >= 15 is 0 Å². The van der Waals surface area contributed by atoms with E-state index in [1.165, 1.54) is 5.56 Å². The van der Waals surface area contributed by atoms with Crippen LogP contribution in [0.3, 0.4) is 0 Å². The number of methoxy groups -OCH3 is 1. The van der Waals surface area contributed by atoms with Crippen molar-refractivity contribution in [1.82, 2.24) is 15.2 Å². The molecule has 5 rings (SSSR count). The zero-order chi connectivity index (χ0) is 23.3. The van der Waals surface area contributed by atoms with Crippen LogP contribution in [-0.2, 0) is 17.7 Å². The molecule has 3 aromatic rings. The van der Waals surface area contributed by atoms with Crippen molar-refractivity contribution in [3.8, 4) is 22.5 Å². The Morgan fingerprint density at radius 1 is 1.09 bits per heavy atom. The Hall–Kier alpha value is -3.00. The lowest BCUT2D eigenvalue weighted by molar-refractivity contribution is 0.125. The topological polar surface area (TPSA) is 83.1 Å². The molecule has 0 saturated carbocycles. The smallest absolute Gasteiger partial charge is 0.142 e. The van der Waals surface area contributed by atoms with Crippen LogP contribution in [-0.4, -0.2) is 60.2 Å². The highest BCUT2D eigenvalue weighted by Crippen LogP contribution is 2.37. The van der Waals surface area contributed by atoms with Crippen LogP contribution < -0.4 is 5.32 Å². The maximum Gasteiger partial charge on any atom is 0.142 e. The molecule has 178 valence electrons. The van der Waals surface area contributed by atoms with E-state index < -0.39 is 0 Å². The summed E-state index contributed by atoms with van der Waals surface area (Å²) in [5.74, 6) is 1.80. The lowest BCUT2D eigenvalue weighted by atomic mass is 9.99. The fourth-order valence-electron chi connectivity index (χ4n) is 5.03. The van der Waals surface area contributed by atoms with Crippen molar-refractivity contribution >= 4 is 5.71 Å². The predicted molar refractivity (Wildman–Crippen MR) is 132 cm³/mol. The first-order valence-electron chi connectivity index (χ1n) is 12.1. The van der Waals surface area contributed by atoms with Crippen LogP contribution in [0.1, 0.15) is 36.1 Å². The monoisotopic (exact) mass is 460 g/mol. The average molecular weight is 461 g/mol. The minimum Gasteiger partial charge on any atom is -0.459 e. The number of fused-ring (bicyclic) bond motifs is 1. The van der Waals surface area contributed by atoms with Crippen molar-refractivity contribution in [2.75, 3.05) is 33.4 Å². The molecule has 0 spiro atoms. The number of hydrogen-bond donors (Lipinski definition) is 2. The number of oxime groups is 1. The van der Waals surface area contributed by atoms with Gasteiger partial charge in [-0.15, -0.1) is 0 Å². The Morgan fingerprint density at radius 2 is 1.91 bits per heavy atom. The molecule has 7 heteroatoms. The summed E-state index contributed by atoms with van der Waals surface area (Å²) in [6.07, 6.45) is 7.54. The zero-order valence-electron chi connectivity index (χ0n) is 19.7. The number of aryl methyl sites for hydroxylation is 1. The number of benzene rings is 1. The summed E-state index contributed by atoms with van der Waals surface area (Å²) in [6.45, 7) is 4.70. The number of aromatic nitrogens is 1. The van der Waals surface area contributed by atoms with Crippen molar-refractivity contribution in [3.63, 3.8) is 0 Å². The summed E-state index contributed by atoms with van der Waals surface area (Å²) in [6, 6.07) is 13.0. The number of ether oxygens (including phenoxy) is 1. The van der Waals surface area contributed by atoms with Crippen molar-refractivity contribution in [1.29, 1.82) is 0 Å². The molecule has 0 amide bonds. The summed E-state index contributed by atoms with van der Waals surface area (Å²) in [5.41, 5.74) is 6.19. The minimum absolute atomic E-state index is 0.493. The normalized spacial score (nSPS) is 18.0. The molecule has 2 N–H and O–H groups in total. The van der Waals surface area contributed by atoms with Gasteiger partial charge in [-0.3, -0.25) is 4.98 Å². The molecule has 0 atom stereocenters. The van der Waals surface area contributed by atoms with Crippen LogP contribution in [0, 0.1) is 0 Å². The number of furan rings is 1. The molecule has 34 heavy (non-hydrogen) atoms. The number of nitrogens with zero attached hydrogens (tertiary/aromatic N) is 3. The highest BCUT2D eigenvalue weighted by atomic mass is 16.5. The predicted octanol–water partition coefficient (Wildman–Crippen LogP) is 4.33.